The maximum atomic E-state index is 15.3. The first-order valence-corrected chi connectivity index (χ1v) is 12.3. The third-order valence-electron chi connectivity index (χ3n) is 6.24. The van der Waals surface area contributed by atoms with Crippen molar-refractivity contribution in [3.63, 3.8) is 0 Å². The summed E-state index contributed by atoms with van der Waals surface area (Å²) in [5, 5.41) is 1.03. The molecule has 1 aromatic heterocycles. The standard InChI is InChI=1S/C27H29BrFNO5/c1-14-16-8-7-11-34-23(16)20(29)13-18(14)21-17-10-9-15(28)12-19(17)25(31)30(5)22(21)24(26(32)33-6)35-27(2,3)4/h9-10,12-13,24H,7-8,11H2,1-6H3/t24-/m0/s1. The Bertz CT molecular complexity index is 1390. The molecule has 0 N–H and O–H groups in total. The Morgan fingerprint density at radius 3 is 2.60 bits per heavy atom. The molecular weight excluding hydrogens is 517 g/mol. The highest BCUT2D eigenvalue weighted by Gasteiger charge is 2.35. The van der Waals surface area contributed by atoms with E-state index >= 15 is 4.39 Å². The minimum absolute atomic E-state index is 0.270. The van der Waals surface area contributed by atoms with E-state index in [1.807, 2.05) is 33.8 Å². The van der Waals surface area contributed by atoms with Gasteiger partial charge in [-0.05, 0) is 75.2 Å². The van der Waals surface area contributed by atoms with E-state index in [2.05, 4.69) is 15.9 Å². The number of hydrogen-bond acceptors (Lipinski definition) is 5. The smallest absolute Gasteiger partial charge is 0.341 e. The van der Waals surface area contributed by atoms with Gasteiger partial charge in [-0.1, -0.05) is 22.0 Å². The number of rotatable bonds is 4. The summed E-state index contributed by atoms with van der Waals surface area (Å²) in [5.41, 5.74) is 2.05. The fourth-order valence-corrected chi connectivity index (χ4v) is 5.05. The van der Waals surface area contributed by atoms with Gasteiger partial charge in [-0.2, -0.15) is 0 Å². The molecule has 0 unspecified atom stereocenters. The van der Waals surface area contributed by atoms with Crippen LogP contribution in [0.25, 0.3) is 21.9 Å². The molecule has 8 heteroatoms. The van der Waals surface area contributed by atoms with Crippen LogP contribution in [-0.4, -0.2) is 29.9 Å². The van der Waals surface area contributed by atoms with E-state index in [9.17, 15) is 9.59 Å². The molecule has 0 bridgehead atoms. The van der Waals surface area contributed by atoms with Crippen molar-refractivity contribution in [3.8, 4) is 16.9 Å². The Hall–Kier alpha value is -2.71. The lowest BCUT2D eigenvalue weighted by Gasteiger charge is -2.30. The van der Waals surface area contributed by atoms with Crippen LogP contribution in [0.5, 0.6) is 5.75 Å². The van der Waals surface area contributed by atoms with Crippen molar-refractivity contribution in [2.24, 2.45) is 7.05 Å². The number of benzene rings is 2. The SMILES string of the molecule is COC(=O)[C@@H](OC(C)(C)C)c1c(-c2cc(F)c3c(c2C)CCCO3)c2ccc(Br)cc2c(=O)n1C. The molecule has 0 radical (unpaired) electrons. The summed E-state index contributed by atoms with van der Waals surface area (Å²) < 4.78 is 34.4. The zero-order valence-corrected chi connectivity index (χ0v) is 22.3. The largest absolute Gasteiger partial charge is 0.490 e. The zero-order valence-electron chi connectivity index (χ0n) is 20.8. The van der Waals surface area contributed by atoms with Gasteiger partial charge in [0.15, 0.2) is 17.7 Å². The molecule has 0 spiro atoms. The number of fused-ring (bicyclic) bond motifs is 2. The summed E-state index contributed by atoms with van der Waals surface area (Å²) in [7, 11) is 2.87. The average molecular weight is 546 g/mol. The van der Waals surface area contributed by atoms with Crippen LogP contribution in [0.1, 0.15) is 50.1 Å². The van der Waals surface area contributed by atoms with Gasteiger partial charge in [0.1, 0.15) is 0 Å². The van der Waals surface area contributed by atoms with Crippen LogP contribution in [0.4, 0.5) is 4.39 Å². The van der Waals surface area contributed by atoms with E-state index in [0.717, 1.165) is 22.0 Å². The zero-order chi connectivity index (χ0) is 25.7. The number of carbonyl (C=O) groups is 1. The van der Waals surface area contributed by atoms with Crippen LogP contribution in [0.3, 0.4) is 0 Å². The first kappa shape index (κ1) is 25.4. The fourth-order valence-electron chi connectivity index (χ4n) is 4.69. The molecule has 2 aromatic carbocycles. The number of aromatic nitrogens is 1. The highest BCUT2D eigenvalue weighted by atomic mass is 79.9. The van der Waals surface area contributed by atoms with Gasteiger partial charge in [0, 0.05) is 28.0 Å². The maximum absolute atomic E-state index is 15.3. The normalized spacial score (nSPS) is 14.4. The number of halogens is 2. The number of methoxy groups -OCH3 is 1. The third-order valence-corrected chi connectivity index (χ3v) is 6.74. The van der Waals surface area contributed by atoms with Gasteiger partial charge in [-0.25, -0.2) is 9.18 Å². The van der Waals surface area contributed by atoms with Crippen LogP contribution in [-0.2, 0) is 27.7 Å². The lowest BCUT2D eigenvalue weighted by atomic mass is 9.87. The molecule has 6 nitrogen and oxygen atoms in total. The van der Waals surface area contributed by atoms with Gasteiger partial charge in [0.25, 0.3) is 5.56 Å². The van der Waals surface area contributed by atoms with Gasteiger partial charge < -0.3 is 18.8 Å². The Morgan fingerprint density at radius 1 is 1.23 bits per heavy atom. The van der Waals surface area contributed by atoms with Crippen molar-refractivity contribution in [1.29, 1.82) is 0 Å². The quantitative estimate of drug-likeness (QED) is 0.389. The van der Waals surface area contributed by atoms with Crippen molar-refractivity contribution in [3.05, 3.63) is 61.7 Å². The summed E-state index contributed by atoms with van der Waals surface area (Å²) in [5.74, 6) is -0.852. The monoisotopic (exact) mass is 545 g/mol. The molecule has 0 saturated carbocycles. The van der Waals surface area contributed by atoms with Crippen molar-refractivity contribution in [2.45, 2.75) is 52.2 Å². The number of carbonyl (C=O) groups excluding carboxylic acids is 1. The molecule has 1 atom stereocenters. The molecule has 0 amide bonds. The average Bonchev–Trinajstić information content (AvgIpc) is 2.81. The Balaban J connectivity index is 2.18. The molecular formula is C27H29BrFNO5. The summed E-state index contributed by atoms with van der Waals surface area (Å²) in [4.78, 5) is 26.5. The van der Waals surface area contributed by atoms with Crippen molar-refractivity contribution in [2.75, 3.05) is 13.7 Å². The van der Waals surface area contributed by atoms with Gasteiger partial charge in [-0.3, -0.25) is 4.79 Å². The van der Waals surface area contributed by atoms with Gasteiger partial charge in [-0.15, -0.1) is 0 Å². The van der Waals surface area contributed by atoms with Crippen LogP contribution in [0, 0.1) is 12.7 Å². The second-order valence-corrected chi connectivity index (χ2v) is 10.7. The van der Waals surface area contributed by atoms with E-state index in [1.165, 1.54) is 17.7 Å². The van der Waals surface area contributed by atoms with Gasteiger partial charge in [0.05, 0.1) is 25.0 Å². The van der Waals surface area contributed by atoms with E-state index in [0.29, 0.717) is 40.6 Å². The molecule has 1 aliphatic heterocycles. The van der Waals surface area contributed by atoms with Crippen molar-refractivity contribution in [1.82, 2.24) is 4.57 Å². The summed E-state index contributed by atoms with van der Waals surface area (Å²) in [6.07, 6.45) is 0.244. The summed E-state index contributed by atoms with van der Waals surface area (Å²) in [6.45, 7) is 7.84. The predicted molar refractivity (Wildman–Crippen MR) is 136 cm³/mol. The Morgan fingerprint density at radius 2 is 1.94 bits per heavy atom. The molecule has 186 valence electrons. The first-order chi connectivity index (χ1) is 16.4. The fraction of sp³-hybridized carbons (Fsp3) is 0.407. The number of hydrogen-bond donors (Lipinski definition) is 0. The van der Waals surface area contributed by atoms with E-state index in [1.54, 1.807) is 19.2 Å². The lowest BCUT2D eigenvalue weighted by molar-refractivity contribution is -0.165. The maximum Gasteiger partial charge on any atom is 0.341 e. The first-order valence-electron chi connectivity index (χ1n) is 11.5. The number of nitrogens with zero attached hydrogens (tertiary/aromatic N) is 1. The predicted octanol–water partition coefficient (Wildman–Crippen LogP) is 5.77. The summed E-state index contributed by atoms with van der Waals surface area (Å²) >= 11 is 3.45. The van der Waals surface area contributed by atoms with Crippen LogP contribution in [0.2, 0.25) is 0 Å². The number of pyridine rings is 1. The Kier molecular flexibility index (Phi) is 6.81. The summed E-state index contributed by atoms with van der Waals surface area (Å²) in [6, 6.07) is 6.78. The van der Waals surface area contributed by atoms with Crippen LogP contribution >= 0.6 is 15.9 Å². The Labute approximate surface area is 212 Å². The van der Waals surface area contributed by atoms with Gasteiger partial charge in [0.2, 0.25) is 0 Å². The second-order valence-electron chi connectivity index (χ2n) is 9.74. The minimum Gasteiger partial charge on any atom is -0.490 e. The number of esters is 1. The molecule has 1 aliphatic rings. The van der Waals surface area contributed by atoms with E-state index in [4.69, 9.17) is 14.2 Å². The highest BCUT2D eigenvalue weighted by molar-refractivity contribution is 9.10. The number of ether oxygens (including phenoxy) is 3. The minimum atomic E-state index is -1.21. The molecule has 35 heavy (non-hydrogen) atoms. The molecule has 2 heterocycles. The molecule has 0 saturated heterocycles. The molecule has 0 aliphatic carbocycles. The second kappa shape index (κ2) is 9.39. The van der Waals surface area contributed by atoms with E-state index in [-0.39, 0.29) is 11.3 Å². The highest BCUT2D eigenvalue weighted by Crippen LogP contribution is 2.43. The van der Waals surface area contributed by atoms with Crippen LogP contribution in [0.15, 0.2) is 33.5 Å². The van der Waals surface area contributed by atoms with Crippen molar-refractivity contribution >= 4 is 32.7 Å². The van der Waals surface area contributed by atoms with E-state index < -0.39 is 23.5 Å². The van der Waals surface area contributed by atoms with Gasteiger partial charge >= 0.3 is 5.97 Å². The van der Waals surface area contributed by atoms with Crippen LogP contribution < -0.4 is 10.3 Å². The lowest BCUT2D eigenvalue weighted by Crippen LogP contribution is -2.33. The van der Waals surface area contributed by atoms with Crippen molar-refractivity contribution < 1.29 is 23.4 Å². The third kappa shape index (κ3) is 4.61. The molecule has 4 rings (SSSR count). The molecule has 0 fully saturated rings. The molecule has 3 aromatic rings. The topological polar surface area (TPSA) is 66.8 Å².